The Morgan fingerprint density at radius 3 is 1.26 bits per heavy atom. The Balaban J connectivity index is 0.000000595. The summed E-state index contributed by atoms with van der Waals surface area (Å²) in [6.07, 6.45) is 2.23. The van der Waals surface area contributed by atoms with Crippen molar-refractivity contribution in [3.05, 3.63) is 159 Å². The summed E-state index contributed by atoms with van der Waals surface area (Å²) in [5.74, 6) is 0. The van der Waals surface area contributed by atoms with Crippen LogP contribution in [0.4, 0.5) is 0 Å². The van der Waals surface area contributed by atoms with Crippen LogP contribution in [0.5, 0.6) is 0 Å². The Kier molecular flexibility index (Phi) is 19.2. The van der Waals surface area contributed by atoms with Gasteiger partial charge in [0.15, 0.2) is 0 Å². The Morgan fingerprint density at radius 2 is 0.929 bits per heavy atom. The average Bonchev–Trinajstić information content (AvgIpc) is 3.64. The van der Waals surface area contributed by atoms with Crippen molar-refractivity contribution < 1.29 is 23.3 Å². The number of aryl methyl sites for hydroxylation is 2. The first-order valence-corrected chi connectivity index (χ1v) is 17.3. The van der Waals surface area contributed by atoms with Crippen LogP contribution in [0.15, 0.2) is 127 Å². The van der Waals surface area contributed by atoms with Gasteiger partial charge in [-0.1, -0.05) is 96.1 Å². The van der Waals surface area contributed by atoms with Crippen molar-refractivity contribution in [2.75, 3.05) is 0 Å². The third-order valence-corrected chi connectivity index (χ3v) is 6.77. The molecule has 7 rings (SSSR count). The monoisotopic (exact) mass is 683 g/mol. The second-order valence-electron chi connectivity index (χ2n) is 9.09. The van der Waals surface area contributed by atoms with Gasteiger partial charge in [0, 0.05) is 0 Å². The third-order valence-electron chi connectivity index (χ3n) is 6.77. The molecule has 0 aliphatic carbocycles. The first-order chi connectivity index (χ1) is 18.8. The van der Waals surface area contributed by atoms with Crippen LogP contribution in [0.3, 0.4) is 0 Å². The van der Waals surface area contributed by atoms with Gasteiger partial charge >= 0.3 is 30.2 Å². The van der Waals surface area contributed by atoms with Crippen LogP contribution in [0, 0.1) is 20.9 Å². The molecule has 4 heteroatoms. The molecule has 2 radical (unpaired) electrons. The molecule has 0 aliphatic heterocycles. The van der Waals surface area contributed by atoms with Crippen molar-refractivity contribution >= 4 is 74.8 Å². The zero-order valence-corrected chi connectivity index (χ0v) is 29.9. The van der Waals surface area contributed by atoms with Gasteiger partial charge in [0.2, 0.25) is 0 Å². The molecule has 7 aromatic carbocycles. The van der Waals surface area contributed by atoms with Crippen LogP contribution in [0.25, 0.3) is 43.1 Å². The van der Waals surface area contributed by atoms with Crippen LogP contribution in [-0.2, 0) is 36.2 Å². The van der Waals surface area contributed by atoms with E-state index in [1.165, 1.54) is 77.6 Å². The number of fused-ring (bicyclic) bond motifs is 6. The van der Waals surface area contributed by atoms with Crippen molar-refractivity contribution in [3.8, 4) is 0 Å². The summed E-state index contributed by atoms with van der Waals surface area (Å²) in [6.45, 7) is 7.47. The topological polar surface area (TPSA) is 0 Å². The summed E-state index contributed by atoms with van der Waals surface area (Å²) in [5.41, 5.74) is 2.86. The Hall–Kier alpha value is -2.48. The van der Waals surface area contributed by atoms with Crippen LogP contribution in [0.1, 0.15) is 25.0 Å². The second-order valence-corrected chi connectivity index (χ2v) is 9.09. The molecular weight excluding hydrogens is 647 g/mol. The van der Waals surface area contributed by atoms with Crippen LogP contribution >= 0.6 is 24.8 Å². The average molecular weight is 686 g/mol. The fraction of sp³-hybridized carbons (Fsp3) is 0.105. The Labute approximate surface area is 282 Å². The minimum absolute atomic E-state index is 0. The minimum atomic E-state index is 0. The van der Waals surface area contributed by atoms with Crippen molar-refractivity contribution in [3.63, 3.8) is 0 Å². The maximum absolute atomic E-state index is 3.06. The van der Waals surface area contributed by atoms with Crippen molar-refractivity contribution in [2.45, 2.75) is 26.7 Å². The SMILES string of the molecule is CCc1cc2ccc3ccccc3c2[cH-]1.CCc1cc2ccc3ccccc3c2[cH-]1.Cl.Cl.[CH3-].[CH3-].[Si]=[Zr].[c-]1ccccc1. The minimum Gasteiger partial charge on any atom is -0.184 e. The van der Waals surface area contributed by atoms with Gasteiger partial charge in [-0.2, -0.15) is 48.5 Å². The molecular formula is C38H39Cl2SiZr-5. The Morgan fingerprint density at radius 1 is 0.548 bits per heavy atom. The summed E-state index contributed by atoms with van der Waals surface area (Å²) < 4.78 is 0. The first-order valence-electron chi connectivity index (χ1n) is 13.1. The van der Waals surface area contributed by atoms with Crippen molar-refractivity contribution in [1.29, 1.82) is 0 Å². The van der Waals surface area contributed by atoms with Gasteiger partial charge < -0.3 is 14.9 Å². The molecule has 0 unspecified atom stereocenters. The molecule has 0 bridgehead atoms. The van der Waals surface area contributed by atoms with E-state index in [0.29, 0.717) is 0 Å². The van der Waals surface area contributed by atoms with Gasteiger partial charge in [0.25, 0.3) is 0 Å². The quantitative estimate of drug-likeness (QED) is 0.126. The number of halogens is 2. The summed E-state index contributed by atoms with van der Waals surface area (Å²) >= 11 is 1.36. The number of rotatable bonds is 2. The van der Waals surface area contributed by atoms with Gasteiger partial charge in [0.1, 0.15) is 0 Å². The smallest absolute Gasteiger partial charge is 0.171 e. The van der Waals surface area contributed by atoms with E-state index in [-0.39, 0.29) is 39.7 Å². The summed E-state index contributed by atoms with van der Waals surface area (Å²) in [7, 11) is 0. The van der Waals surface area contributed by atoms with E-state index in [4.69, 9.17) is 0 Å². The summed E-state index contributed by atoms with van der Waals surface area (Å²) in [5, 5.41) is 10.9. The van der Waals surface area contributed by atoms with E-state index in [1.54, 1.807) is 0 Å². The molecule has 0 N–H and O–H groups in total. The molecule has 0 saturated heterocycles. The number of hydrogen-bond donors (Lipinski definition) is 0. The zero-order chi connectivity index (χ0) is 26.7. The fourth-order valence-corrected chi connectivity index (χ4v) is 4.80. The molecule has 218 valence electrons. The van der Waals surface area contributed by atoms with E-state index in [0.717, 1.165) is 12.8 Å². The third kappa shape index (κ3) is 9.78. The van der Waals surface area contributed by atoms with Crippen molar-refractivity contribution in [2.24, 2.45) is 0 Å². The molecule has 0 atom stereocenters. The standard InChI is InChI=1S/2C15H13.C6H5.2CH3.2ClH.Si.Zr/c2*1-2-11-9-13-8-7-12-5-3-4-6-14(12)15(13)10-11;1-2-4-6-5-3-1;;;;;;/h2*3-10H,2H2,1H3;1-5H;2*1H3;2*1H;;/q5*-1;;;;. The predicted octanol–water partition coefficient (Wildman–Crippen LogP) is 11.4. The zero-order valence-electron chi connectivity index (χ0n) is 24.9. The van der Waals surface area contributed by atoms with Gasteiger partial charge in [-0.25, -0.2) is 0 Å². The van der Waals surface area contributed by atoms with Gasteiger partial charge in [-0.3, -0.25) is 0 Å². The predicted molar refractivity (Wildman–Crippen MR) is 191 cm³/mol. The number of hydrogen-bond acceptors (Lipinski definition) is 0. The molecule has 0 spiro atoms. The van der Waals surface area contributed by atoms with E-state index >= 15 is 0 Å². The normalized spacial score (nSPS) is 9.26. The van der Waals surface area contributed by atoms with Crippen LogP contribution < -0.4 is 0 Å². The molecule has 0 nitrogen and oxygen atoms in total. The number of benzene rings is 5. The molecule has 0 amide bonds. The molecule has 7 aromatic rings. The molecule has 42 heavy (non-hydrogen) atoms. The molecule has 0 heterocycles. The van der Waals surface area contributed by atoms with E-state index in [9.17, 15) is 0 Å². The maximum Gasteiger partial charge on any atom is -0.171 e. The Bertz CT molecular complexity index is 1590. The molecule has 0 aliphatic rings. The summed E-state index contributed by atoms with van der Waals surface area (Å²) in [4.78, 5) is 0. The second kappa shape index (κ2) is 20.4. The fourth-order valence-electron chi connectivity index (χ4n) is 4.80. The molecule has 0 aromatic heterocycles. The van der Waals surface area contributed by atoms with E-state index in [2.05, 4.69) is 124 Å². The molecule has 0 fully saturated rings. The van der Waals surface area contributed by atoms with E-state index < -0.39 is 0 Å². The first kappa shape index (κ1) is 39.5. The largest absolute Gasteiger partial charge is 0.184 e. The molecule has 0 saturated carbocycles. The van der Waals surface area contributed by atoms with Gasteiger partial charge in [0.05, 0.1) is 0 Å². The summed E-state index contributed by atoms with van der Waals surface area (Å²) in [6, 6.07) is 47.7. The van der Waals surface area contributed by atoms with E-state index in [1.807, 2.05) is 30.3 Å². The maximum atomic E-state index is 3.06. The van der Waals surface area contributed by atoms with Gasteiger partial charge in [-0.15, -0.1) is 81.8 Å². The van der Waals surface area contributed by atoms with Crippen LogP contribution in [-0.4, -0.2) is 6.88 Å². The van der Waals surface area contributed by atoms with Crippen LogP contribution in [0.2, 0.25) is 0 Å². The van der Waals surface area contributed by atoms with Gasteiger partial charge in [-0.05, 0) is 12.8 Å². The van der Waals surface area contributed by atoms with Crippen molar-refractivity contribution in [1.82, 2.24) is 0 Å².